The van der Waals surface area contributed by atoms with Crippen LogP contribution in [0.1, 0.15) is 12.5 Å². The zero-order valence-electron chi connectivity index (χ0n) is 17.2. The van der Waals surface area contributed by atoms with E-state index in [9.17, 15) is 18.0 Å². The van der Waals surface area contributed by atoms with Crippen molar-refractivity contribution in [3.05, 3.63) is 35.9 Å². The van der Waals surface area contributed by atoms with Crippen LogP contribution in [0.3, 0.4) is 0 Å². The van der Waals surface area contributed by atoms with Gasteiger partial charge in [-0.25, -0.2) is 18.1 Å². The first kappa shape index (κ1) is 23.3. The number of hydrogen-bond donors (Lipinski definition) is 1. The summed E-state index contributed by atoms with van der Waals surface area (Å²) >= 11 is 1.08. The number of hydrogen-bond acceptors (Lipinski definition) is 7. The number of amides is 2. The molecular formula is C18H27N5O4S2. The molecule has 0 saturated carbocycles. The lowest BCUT2D eigenvalue weighted by atomic mass is 10.1. The van der Waals surface area contributed by atoms with Crippen molar-refractivity contribution in [1.29, 1.82) is 0 Å². The molecule has 1 aliphatic heterocycles. The third-order valence-electron chi connectivity index (χ3n) is 4.25. The summed E-state index contributed by atoms with van der Waals surface area (Å²) in [7, 11) is 3.16. The van der Waals surface area contributed by atoms with Crippen molar-refractivity contribution in [2.24, 2.45) is 5.10 Å². The van der Waals surface area contributed by atoms with Crippen molar-refractivity contribution in [2.75, 3.05) is 47.0 Å². The molecule has 1 aromatic rings. The smallest absolute Gasteiger partial charge is 0.280 e. The highest BCUT2D eigenvalue weighted by atomic mass is 32.2. The van der Waals surface area contributed by atoms with Gasteiger partial charge < -0.3 is 9.80 Å². The Morgan fingerprint density at radius 1 is 1.17 bits per heavy atom. The van der Waals surface area contributed by atoms with Crippen LogP contribution in [0.2, 0.25) is 0 Å². The lowest BCUT2D eigenvalue weighted by Crippen LogP contribution is -2.49. The second-order valence-corrected chi connectivity index (χ2v) is 10.3. The SMILES string of the molecule is CC(=O)N1N=C(C(=O)N(C)C)SC1(CNS(=O)(=O)CCN(C)C)c1ccccc1. The summed E-state index contributed by atoms with van der Waals surface area (Å²) in [5.41, 5.74) is 0.667. The van der Waals surface area contributed by atoms with Crippen LogP contribution in [0, 0.1) is 0 Å². The molecule has 9 nitrogen and oxygen atoms in total. The fraction of sp³-hybridized carbons (Fsp3) is 0.500. The van der Waals surface area contributed by atoms with E-state index in [0.717, 1.165) is 11.8 Å². The van der Waals surface area contributed by atoms with E-state index in [2.05, 4.69) is 9.82 Å². The summed E-state index contributed by atoms with van der Waals surface area (Å²) in [6, 6.07) is 8.98. The van der Waals surface area contributed by atoms with Gasteiger partial charge in [-0.05, 0) is 19.7 Å². The summed E-state index contributed by atoms with van der Waals surface area (Å²) < 4.78 is 27.6. The van der Waals surface area contributed by atoms with Crippen molar-refractivity contribution in [1.82, 2.24) is 19.5 Å². The maximum atomic E-state index is 12.5. The molecule has 1 aromatic carbocycles. The molecule has 2 rings (SSSR count). The first-order chi connectivity index (χ1) is 13.5. The molecule has 2 amide bonds. The summed E-state index contributed by atoms with van der Waals surface area (Å²) in [6.45, 7) is 1.58. The molecule has 0 radical (unpaired) electrons. The average molecular weight is 442 g/mol. The molecule has 1 heterocycles. The van der Waals surface area contributed by atoms with E-state index in [4.69, 9.17) is 0 Å². The molecule has 29 heavy (non-hydrogen) atoms. The molecular weight excluding hydrogens is 414 g/mol. The fourth-order valence-electron chi connectivity index (χ4n) is 2.67. The number of benzene rings is 1. The first-order valence-corrected chi connectivity index (χ1v) is 11.4. The molecule has 160 valence electrons. The molecule has 1 N–H and O–H groups in total. The van der Waals surface area contributed by atoms with E-state index in [1.165, 1.54) is 16.8 Å². The van der Waals surface area contributed by atoms with Gasteiger partial charge in [-0.2, -0.15) is 5.10 Å². The third kappa shape index (κ3) is 5.56. The monoisotopic (exact) mass is 441 g/mol. The Morgan fingerprint density at radius 2 is 1.79 bits per heavy atom. The number of rotatable bonds is 8. The number of thioether (sulfide) groups is 1. The number of carbonyl (C=O) groups excluding carboxylic acids is 2. The van der Waals surface area contributed by atoms with Gasteiger partial charge in [0.2, 0.25) is 15.9 Å². The third-order valence-corrected chi connectivity index (χ3v) is 6.89. The van der Waals surface area contributed by atoms with E-state index in [-0.39, 0.29) is 23.2 Å². The van der Waals surface area contributed by atoms with Crippen LogP contribution in [0.25, 0.3) is 0 Å². The van der Waals surface area contributed by atoms with Crippen LogP contribution < -0.4 is 4.72 Å². The summed E-state index contributed by atoms with van der Waals surface area (Å²) in [5.74, 6) is -0.829. The quantitative estimate of drug-likeness (QED) is 0.623. The van der Waals surface area contributed by atoms with Gasteiger partial charge in [0.05, 0.1) is 12.3 Å². The topological polar surface area (TPSA) is 102 Å². The Bertz CT molecular complexity index is 887. The minimum absolute atomic E-state index is 0.0834. The number of nitrogens with zero attached hydrogens (tertiary/aromatic N) is 4. The van der Waals surface area contributed by atoms with Crippen LogP contribution in [0.5, 0.6) is 0 Å². The van der Waals surface area contributed by atoms with Gasteiger partial charge in [-0.15, -0.1) is 0 Å². The largest absolute Gasteiger partial charge is 0.343 e. The highest BCUT2D eigenvalue weighted by Gasteiger charge is 2.49. The molecule has 0 spiro atoms. The van der Waals surface area contributed by atoms with E-state index in [0.29, 0.717) is 12.1 Å². The fourth-order valence-corrected chi connectivity index (χ4v) is 5.31. The van der Waals surface area contributed by atoms with E-state index >= 15 is 0 Å². The summed E-state index contributed by atoms with van der Waals surface area (Å²) in [6.07, 6.45) is 0. The molecule has 0 aliphatic carbocycles. The molecule has 1 unspecified atom stereocenters. The van der Waals surface area contributed by atoms with Crippen LogP contribution >= 0.6 is 11.8 Å². The Labute approximate surface area is 176 Å². The summed E-state index contributed by atoms with van der Waals surface area (Å²) in [4.78, 5) is 26.9. The van der Waals surface area contributed by atoms with Gasteiger partial charge in [-0.3, -0.25) is 9.59 Å². The zero-order valence-corrected chi connectivity index (χ0v) is 18.9. The van der Waals surface area contributed by atoms with Gasteiger partial charge in [-0.1, -0.05) is 42.1 Å². The van der Waals surface area contributed by atoms with Crippen LogP contribution in [-0.4, -0.2) is 87.1 Å². The summed E-state index contributed by atoms with van der Waals surface area (Å²) in [5, 5.41) is 5.56. The second kappa shape index (κ2) is 9.24. The van der Waals surface area contributed by atoms with Gasteiger partial charge >= 0.3 is 0 Å². The van der Waals surface area contributed by atoms with Gasteiger partial charge in [0, 0.05) is 27.6 Å². The minimum atomic E-state index is -3.60. The van der Waals surface area contributed by atoms with Crippen molar-refractivity contribution in [3.63, 3.8) is 0 Å². The minimum Gasteiger partial charge on any atom is -0.343 e. The van der Waals surface area contributed by atoms with Crippen LogP contribution in [0.15, 0.2) is 35.4 Å². The highest BCUT2D eigenvalue weighted by Crippen LogP contribution is 2.45. The molecule has 1 atom stereocenters. The normalized spacial score (nSPS) is 19.4. The molecule has 0 saturated heterocycles. The van der Waals surface area contributed by atoms with Gasteiger partial charge in [0.1, 0.15) is 0 Å². The number of carbonyl (C=O) groups is 2. The highest BCUT2D eigenvalue weighted by molar-refractivity contribution is 8.16. The van der Waals surface area contributed by atoms with Crippen molar-refractivity contribution in [2.45, 2.75) is 11.8 Å². The second-order valence-electron chi connectivity index (χ2n) is 7.13. The van der Waals surface area contributed by atoms with Crippen molar-refractivity contribution < 1.29 is 18.0 Å². The van der Waals surface area contributed by atoms with Crippen LogP contribution in [-0.2, 0) is 24.5 Å². The van der Waals surface area contributed by atoms with Crippen molar-refractivity contribution >= 4 is 38.6 Å². The lowest BCUT2D eigenvalue weighted by Gasteiger charge is -2.35. The standard InChI is InChI=1S/C18H27N5O4S2/c1-14(24)23-18(15-9-7-6-8-10-15,28-16(20-23)17(25)22(4)5)13-19-29(26,27)12-11-21(2)3/h6-10,19H,11-13H2,1-5H3. The van der Waals surface area contributed by atoms with E-state index in [1.54, 1.807) is 57.4 Å². The first-order valence-electron chi connectivity index (χ1n) is 8.96. The van der Waals surface area contributed by atoms with Crippen LogP contribution in [0.4, 0.5) is 0 Å². The molecule has 0 bridgehead atoms. The maximum Gasteiger partial charge on any atom is 0.280 e. The van der Waals surface area contributed by atoms with Gasteiger partial charge in [0.15, 0.2) is 9.91 Å². The van der Waals surface area contributed by atoms with E-state index in [1.807, 2.05) is 6.07 Å². The maximum absolute atomic E-state index is 12.5. The van der Waals surface area contributed by atoms with E-state index < -0.39 is 20.8 Å². The average Bonchev–Trinajstić information content (AvgIpc) is 3.06. The molecule has 11 heteroatoms. The molecule has 0 aromatic heterocycles. The zero-order chi connectivity index (χ0) is 21.8. The van der Waals surface area contributed by atoms with Gasteiger partial charge in [0.25, 0.3) is 5.91 Å². The number of nitrogens with one attached hydrogen (secondary N) is 1. The van der Waals surface area contributed by atoms with Crippen molar-refractivity contribution in [3.8, 4) is 0 Å². The Balaban J connectivity index is 2.42. The Kier molecular flexibility index (Phi) is 7.44. The predicted molar refractivity (Wildman–Crippen MR) is 115 cm³/mol. The lowest BCUT2D eigenvalue weighted by molar-refractivity contribution is -0.132. The Hall–Kier alpha value is -1.95. The molecule has 0 fully saturated rings. The number of sulfonamides is 1. The molecule has 1 aliphatic rings. The number of hydrazone groups is 1. The predicted octanol–water partition coefficient (Wildman–Crippen LogP) is 0.317. The Morgan fingerprint density at radius 3 is 2.31 bits per heavy atom.